The molecule has 0 radical (unpaired) electrons. The van der Waals surface area contributed by atoms with Gasteiger partial charge in [0.1, 0.15) is 6.07 Å². The van der Waals surface area contributed by atoms with Crippen molar-refractivity contribution in [3.63, 3.8) is 0 Å². The highest BCUT2D eigenvalue weighted by atomic mass is 15.1. The van der Waals surface area contributed by atoms with Gasteiger partial charge in [0.25, 0.3) is 0 Å². The van der Waals surface area contributed by atoms with Gasteiger partial charge in [-0.15, -0.1) is 0 Å². The van der Waals surface area contributed by atoms with E-state index in [0.717, 1.165) is 25.2 Å². The molecule has 1 aromatic rings. The number of piperidine rings is 1. The normalized spacial score (nSPS) is 18.9. The average molecular weight is 241 g/mol. The van der Waals surface area contributed by atoms with E-state index in [2.05, 4.69) is 27.9 Å². The number of nitrogens with zero attached hydrogens (tertiary/aromatic N) is 5. The van der Waals surface area contributed by atoms with Crippen LogP contribution in [0.3, 0.4) is 0 Å². The number of nitriles is 1. The second-order valence-electron chi connectivity index (χ2n) is 4.70. The largest absolute Gasteiger partial charge is 0.370 e. The molecule has 5 nitrogen and oxygen atoms in total. The molecule has 1 unspecified atom stereocenters. The molecule has 0 bridgehead atoms. The standard InChI is InChI=1S/C13H15N5/c1-10-3-2-6-18(9-10)13-5-4-12(16-17-15)7-11(13)8-14/h4-5,7,10H,2-3,6,9H2,1H3. The Morgan fingerprint density at radius 3 is 3.06 bits per heavy atom. The highest BCUT2D eigenvalue weighted by Gasteiger charge is 2.18. The highest BCUT2D eigenvalue weighted by molar-refractivity contribution is 5.64. The summed E-state index contributed by atoms with van der Waals surface area (Å²) in [6.07, 6.45) is 2.40. The van der Waals surface area contributed by atoms with Crippen molar-refractivity contribution in [1.29, 1.82) is 5.26 Å². The van der Waals surface area contributed by atoms with Gasteiger partial charge in [0.05, 0.1) is 11.3 Å². The zero-order valence-corrected chi connectivity index (χ0v) is 10.4. The summed E-state index contributed by atoms with van der Waals surface area (Å²) in [5.41, 5.74) is 10.4. The van der Waals surface area contributed by atoms with Crippen molar-refractivity contribution in [2.45, 2.75) is 19.8 Å². The lowest BCUT2D eigenvalue weighted by molar-refractivity contribution is 0.446. The van der Waals surface area contributed by atoms with E-state index in [-0.39, 0.29) is 0 Å². The van der Waals surface area contributed by atoms with Crippen molar-refractivity contribution >= 4 is 11.4 Å². The first-order valence-corrected chi connectivity index (χ1v) is 6.09. The predicted octanol–water partition coefficient (Wildman–Crippen LogP) is 3.74. The summed E-state index contributed by atoms with van der Waals surface area (Å²) in [6, 6.07) is 7.46. The minimum Gasteiger partial charge on any atom is -0.370 e. The maximum absolute atomic E-state index is 9.20. The molecule has 0 aliphatic carbocycles. The van der Waals surface area contributed by atoms with Gasteiger partial charge in [-0.1, -0.05) is 18.1 Å². The Morgan fingerprint density at radius 1 is 1.56 bits per heavy atom. The third-order valence-electron chi connectivity index (χ3n) is 3.26. The van der Waals surface area contributed by atoms with E-state index in [1.165, 1.54) is 6.42 Å². The van der Waals surface area contributed by atoms with E-state index in [1.54, 1.807) is 12.1 Å². The zero-order chi connectivity index (χ0) is 13.0. The minimum atomic E-state index is 0.489. The van der Waals surface area contributed by atoms with Gasteiger partial charge >= 0.3 is 0 Å². The van der Waals surface area contributed by atoms with E-state index in [1.807, 2.05) is 6.07 Å². The van der Waals surface area contributed by atoms with E-state index >= 15 is 0 Å². The summed E-state index contributed by atoms with van der Waals surface area (Å²) in [4.78, 5) is 4.98. The molecule has 1 aliphatic heterocycles. The van der Waals surface area contributed by atoms with Crippen LogP contribution in [0, 0.1) is 17.2 Å². The first-order valence-electron chi connectivity index (χ1n) is 6.09. The van der Waals surface area contributed by atoms with Crippen LogP contribution in [0.25, 0.3) is 10.4 Å². The zero-order valence-electron chi connectivity index (χ0n) is 10.4. The number of hydrogen-bond donors (Lipinski definition) is 0. The first-order chi connectivity index (χ1) is 8.74. The third-order valence-corrected chi connectivity index (χ3v) is 3.26. The van der Waals surface area contributed by atoms with Crippen molar-refractivity contribution in [2.75, 3.05) is 18.0 Å². The molecule has 2 rings (SSSR count). The lowest BCUT2D eigenvalue weighted by Gasteiger charge is -2.33. The van der Waals surface area contributed by atoms with E-state index in [9.17, 15) is 5.26 Å². The molecule has 0 saturated carbocycles. The molecule has 92 valence electrons. The smallest absolute Gasteiger partial charge is 0.101 e. The molecule has 5 heteroatoms. The van der Waals surface area contributed by atoms with Crippen molar-refractivity contribution in [3.05, 3.63) is 34.2 Å². The molecule has 1 atom stereocenters. The summed E-state index contributed by atoms with van der Waals surface area (Å²) in [5, 5.41) is 12.7. The van der Waals surface area contributed by atoms with Crippen LogP contribution in [0.5, 0.6) is 0 Å². The monoisotopic (exact) mass is 241 g/mol. The Hall–Kier alpha value is -2.18. The molecule has 0 aromatic heterocycles. The SMILES string of the molecule is CC1CCCN(c2ccc(N=[N+]=[N-])cc2C#N)C1. The molecule has 18 heavy (non-hydrogen) atoms. The molecule has 0 amide bonds. The van der Waals surface area contributed by atoms with Crippen LogP contribution in [0.15, 0.2) is 23.3 Å². The van der Waals surface area contributed by atoms with Crippen LogP contribution in [0.1, 0.15) is 25.3 Å². The van der Waals surface area contributed by atoms with Crippen molar-refractivity contribution in [1.82, 2.24) is 0 Å². The second kappa shape index (κ2) is 5.44. The van der Waals surface area contributed by atoms with E-state index in [0.29, 0.717) is 17.2 Å². The summed E-state index contributed by atoms with van der Waals surface area (Å²) >= 11 is 0. The fraction of sp³-hybridized carbons (Fsp3) is 0.462. The third kappa shape index (κ3) is 2.55. The van der Waals surface area contributed by atoms with Crippen LogP contribution >= 0.6 is 0 Å². The summed E-state index contributed by atoms with van der Waals surface area (Å²) in [7, 11) is 0. The minimum absolute atomic E-state index is 0.489. The number of rotatable bonds is 2. The van der Waals surface area contributed by atoms with E-state index in [4.69, 9.17) is 5.53 Å². The number of hydrogen-bond acceptors (Lipinski definition) is 3. The lowest BCUT2D eigenvalue weighted by atomic mass is 9.99. The van der Waals surface area contributed by atoms with Crippen molar-refractivity contribution < 1.29 is 0 Å². The van der Waals surface area contributed by atoms with Gasteiger partial charge < -0.3 is 4.90 Å². The Kier molecular flexibility index (Phi) is 3.71. The van der Waals surface area contributed by atoms with Crippen molar-refractivity contribution in [2.24, 2.45) is 11.0 Å². The fourth-order valence-corrected chi connectivity index (χ4v) is 2.41. The average Bonchev–Trinajstić information content (AvgIpc) is 2.39. The Labute approximate surface area is 106 Å². The Bertz CT molecular complexity index is 525. The molecule has 1 heterocycles. The molecule has 0 spiro atoms. The second-order valence-corrected chi connectivity index (χ2v) is 4.70. The van der Waals surface area contributed by atoms with Crippen LogP contribution in [-0.2, 0) is 0 Å². The predicted molar refractivity (Wildman–Crippen MR) is 70.6 cm³/mol. The first kappa shape index (κ1) is 12.3. The van der Waals surface area contributed by atoms with Crippen LogP contribution in [0.4, 0.5) is 11.4 Å². The van der Waals surface area contributed by atoms with Crippen LogP contribution in [0.2, 0.25) is 0 Å². The van der Waals surface area contributed by atoms with Gasteiger partial charge in [-0.25, -0.2) is 0 Å². The van der Waals surface area contributed by atoms with Gasteiger partial charge in [-0.3, -0.25) is 0 Å². The van der Waals surface area contributed by atoms with Gasteiger partial charge in [-0.2, -0.15) is 5.26 Å². The van der Waals surface area contributed by atoms with Crippen LogP contribution < -0.4 is 4.90 Å². The Morgan fingerprint density at radius 2 is 2.39 bits per heavy atom. The highest BCUT2D eigenvalue weighted by Crippen LogP contribution is 2.29. The molecule has 1 aliphatic rings. The fourth-order valence-electron chi connectivity index (χ4n) is 2.41. The summed E-state index contributed by atoms with van der Waals surface area (Å²) < 4.78 is 0. The molecule has 0 N–H and O–H groups in total. The van der Waals surface area contributed by atoms with Gasteiger partial charge in [0.15, 0.2) is 0 Å². The number of azide groups is 1. The summed E-state index contributed by atoms with van der Waals surface area (Å²) in [5.74, 6) is 0.655. The van der Waals surface area contributed by atoms with Crippen molar-refractivity contribution in [3.8, 4) is 6.07 Å². The van der Waals surface area contributed by atoms with Gasteiger partial charge in [-0.05, 0) is 36.4 Å². The Balaban J connectivity index is 2.32. The maximum Gasteiger partial charge on any atom is 0.101 e. The van der Waals surface area contributed by atoms with E-state index < -0.39 is 0 Å². The maximum atomic E-state index is 9.20. The summed E-state index contributed by atoms with van der Waals surface area (Å²) in [6.45, 7) is 4.20. The van der Waals surface area contributed by atoms with Gasteiger partial charge in [0, 0.05) is 23.7 Å². The molecule has 1 aromatic carbocycles. The molecular formula is C13H15N5. The lowest BCUT2D eigenvalue weighted by Crippen LogP contribution is -2.34. The van der Waals surface area contributed by atoms with Gasteiger partial charge in [0.2, 0.25) is 0 Å². The molecule has 1 saturated heterocycles. The van der Waals surface area contributed by atoms with Crippen LogP contribution in [-0.4, -0.2) is 13.1 Å². The molecular weight excluding hydrogens is 226 g/mol. The topological polar surface area (TPSA) is 75.8 Å². The quantitative estimate of drug-likeness (QED) is 0.449. The molecule has 1 fully saturated rings. The number of anilines is 1. The number of benzene rings is 1.